The molecule has 1 fully saturated rings. The van der Waals surface area contributed by atoms with E-state index in [4.69, 9.17) is 0 Å². The monoisotopic (exact) mass is 313 g/mol. The zero-order chi connectivity index (χ0) is 13.0. The van der Waals surface area contributed by atoms with E-state index in [0.29, 0.717) is 6.04 Å². The smallest absolute Gasteiger partial charge is 0.124 e. The van der Waals surface area contributed by atoms with Crippen LogP contribution in [0.25, 0.3) is 0 Å². The molecule has 1 aromatic rings. The lowest BCUT2D eigenvalue weighted by molar-refractivity contribution is 0.360. The SMILES string of the molecule is CNC(CCc1cc(F)cc(Br)c1)C1CCCC1. The van der Waals surface area contributed by atoms with E-state index in [9.17, 15) is 4.39 Å². The summed E-state index contributed by atoms with van der Waals surface area (Å²) in [5.41, 5.74) is 1.08. The predicted octanol–water partition coefficient (Wildman–Crippen LogP) is 4.30. The van der Waals surface area contributed by atoms with Crippen LogP contribution in [0.3, 0.4) is 0 Å². The van der Waals surface area contributed by atoms with Gasteiger partial charge in [-0.15, -0.1) is 0 Å². The number of hydrogen-bond acceptors (Lipinski definition) is 1. The van der Waals surface area contributed by atoms with E-state index < -0.39 is 0 Å². The highest BCUT2D eigenvalue weighted by molar-refractivity contribution is 9.10. The van der Waals surface area contributed by atoms with Gasteiger partial charge in [-0.25, -0.2) is 4.39 Å². The Morgan fingerprint density at radius 2 is 2.06 bits per heavy atom. The number of hydrogen-bond donors (Lipinski definition) is 1. The molecule has 1 N–H and O–H groups in total. The molecule has 1 aliphatic rings. The third-order valence-electron chi connectivity index (χ3n) is 4.01. The maximum Gasteiger partial charge on any atom is 0.124 e. The number of nitrogens with one attached hydrogen (secondary N) is 1. The molecule has 18 heavy (non-hydrogen) atoms. The summed E-state index contributed by atoms with van der Waals surface area (Å²) >= 11 is 3.35. The fraction of sp³-hybridized carbons (Fsp3) is 0.600. The number of rotatable bonds is 5. The van der Waals surface area contributed by atoms with Crippen molar-refractivity contribution in [3.63, 3.8) is 0 Å². The van der Waals surface area contributed by atoms with Crippen LogP contribution in [-0.4, -0.2) is 13.1 Å². The van der Waals surface area contributed by atoms with Crippen molar-refractivity contribution in [1.29, 1.82) is 0 Å². The second kappa shape index (κ2) is 6.67. The van der Waals surface area contributed by atoms with Crippen LogP contribution < -0.4 is 5.32 Å². The Kier molecular flexibility index (Phi) is 5.19. The van der Waals surface area contributed by atoms with Crippen molar-refractivity contribution < 1.29 is 4.39 Å². The first-order valence-electron chi connectivity index (χ1n) is 6.81. The highest BCUT2D eigenvalue weighted by Crippen LogP contribution is 2.29. The van der Waals surface area contributed by atoms with E-state index >= 15 is 0 Å². The summed E-state index contributed by atoms with van der Waals surface area (Å²) in [5, 5.41) is 3.44. The van der Waals surface area contributed by atoms with E-state index in [0.717, 1.165) is 28.8 Å². The Labute approximate surface area is 117 Å². The van der Waals surface area contributed by atoms with Crippen LogP contribution in [-0.2, 0) is 6.42 Å². The second-order valence-corrected chi connectivity index (χ2v) is 6.17. The molecule has 0 aromatic heterocycles. The zero-order valence-electron chi connectivity index (χ0n) is 10.9. The van der Waals surface area contributed by atoms with Gasteiger partial charge < -0.3 is 5.32 Å². The van der Waals surface area contributed by atoms with Crippen LogP contribution in [0, 0.1) is 11.7 Å². The molecule has 1 aromatic carbocycles. The molecule has 100 valence electrons. The van der Waals surface area contributed by atoms with Crippen LogP contribution in [0.4, 0.5) is 4.39 Å². The van der Waals surface area contributed by atoms with Gasteiger partial charge >= 0.3 is 0 Å². The molecule has 1 saturated carbocycles. The van der Waals surface area contributed by atoms with Crippen LogP contribution in [0.1, 0.15) is 37.7 Å². The second-order valence-electron chi connectivity index (χ2n) is 5.26. The summed E-state index contributed by atoms with van der Waals surface area (Å²) in [6, 6.07) is 5.75. The van der Waals surface area contributed by atoms with Gasteiger partial charge in [0.2, 0.25) is 0 Å². The van der Waals surface area contributed by atoms with Crippen LogP contribution in [0.15, 0.2) is 22.7 Å². The molecule has 0 aliphatic heterocycles. The van der Waals surface area contributed by atoms with Crippen molar-refractivity contribution >= 4 is 15.9 Å². The quantitative estimate of drug-likeness (QED) is 0.854. The molecular weight excluding hydrogens is 293 g/mol. The lowest BCUT2D eigenvalue weighted by Crippen LogP contribution is -2.32. The fourth-order valence-corrected chi connectivity index (χ4v) is 3.57. The third kappa shape index (κ3) is 3.79. The Balaban J connectivity index is 1.92. The van der Waals surface area contributed by atoms with Crippen LogP contribution in [0.5, 0.6) is 0 Å². The molecular formula is C15H21BrFN. The minimum absolute atomic E-state index is 0.152. The molecule has 0 heterocycles. The molecule has 1 atom stereocenters. The maximum absolute atomic E-state index is 13.3. The number of aryl methyl sites for hydroxylation is 1. The Bertz CT molecular complexity index is 368. The fourth-order valence-electron chi connectivity index (χ4n) is 3.05. The van der Waals surface area contributed by atoms with Gasteiger partial charge in [-0.2, -0.15) is 0 Å². The van der Waals surface area contributed by atoms with Crippen molar-refractivity contribution in [3.05, 3.63) is 34.1 Å². The summed E-state index contributed by atoms with van der Waals surface area (Å²) in [6.45, 7) is 0. The van der Waals surface area contributed by atoms with Gasteiger partial charge in [0.1, 0.15) is 5.82 Å². The average Bonchev–Trinajstić information content (AvgIpc) is 2.82. The summed E-state index contributed by atoms with van der Waals surface area (Å²) in [7, 11) is 2.05. The van der Waals surface area contributed by atoms with Gasteiger partial charge in [-0.3, -0.25) is 0 Å². The van der Waals surface area contributed by atoms with Crippen molar-refractivity contribution in [2.45, 2.75) is 44.6 Å². The molecule has 1 nitrogen and oxygen atoms in total. The number of benzene rings is 1. The topological polar surface area (TPSA) is 12.0 Å². The standard InChI is InChI=1S/C15H21BrFN/c1-18-15(12-4-2-3-5-12)7-6-11-8-13(16)10-14(17)9-11/h8-10,12,15,18H,2-7H2,1H3. The largest absolute Gasteiger partial charge is 0.317 e. The molecule has 0 amide bonds. The van der Waals surface area contributed by atoms with Gasteiger partial charge in [-0.05, 0) is 62.4 Å². The Hall–Kier alpha value is -0.410. The normalized spacial score (nSPS) is 18.2. The van der Waals surface area contributed by atoms with E-state index in [1.165, 1.54) is 31.7 Å². The summed E-state index contributed by atoms with van der Waals surface area (Å²) < 4.78 is 14.1. The van der Waals surface area contributed by atoms with Crippen LogP contribution in [0.2, 0.25) is 0 Å². The van der Waals surface area contributed by atoms with Gasteiger partial charge in [0.25, 0.3) is 0 Å². The highest BCUT2D eigenvalue weighted by Gasteiger charge is 2.23. The predicted molar refractivity (Wildman–Crippen MR) is 77.2 cm³/mol. The summed E-state index contributed by atoms with van der Waals surface area (Å²) in [5.74, 6) is 0.660. The van der Waals surface area contributed by atoms with Crippen molar-refractivity contribution in [2.24, 2.45) is 5.92 Å². The molecule has 0 spiro atoms. The number of halogens is 2. The molecule has 2 rings (SSSR count). The van der Waals surface area contributed by atoms with Gasteiger partial charge in [0.15, 0.2) is 0 Å². The minimum Gasteiger partial charge on any atom is -0.317 e. The van der Waals surface area contributed by atoms with Gasteiger partial charge in [0, 0.05) is 10.5 Å². The van der Waals surface area contributed by atoms with Crippen LogP contribution >= 0.6 is 15.9 Å². The van der Waals surface area contributed by atoms with E-state index in [1.807, 2.05) is 13.1 Å². The Morgan fingerprint density at radius 1 is 1.33 bits per heavy atom. The van der Waals surface area contributed by atoms with E-state index in [-0.39, 0.29) is 5.82 Å². The molecule has 0 saturated heterocycles. The van der Waals surface area contributed by atoms with Crippen molar-refractivity contribution in [3.8, 4) is 0 Å². The van der Waals surface area contributed by atoms with Gasteiger partial charge in [-0.1, -0.05) is 28.8 Å². The first kappa shape index (κ1) is 14.0. The average molecular weight is 314 g/mol. The molecule has 3 heteroatoms. The van der Waals surface area contributed by atoms with E-state index in [1.54, 1.807) is 6.07 Å². The summed E-state index contributed by atoms with van der Waals surface area (Å²) in [6.07, 6.45) is 7.47. The lowest BCUT2D eigenvalue weighted by atomic mass is 9.92. The molecule has 0 radical (unpaired) electrons. The summed E-state index contributed by atoms with van der Waals surface area (Å²) in [4.78, 5) is 0. The maximum atomic E-state index is 13.3. The molecule has 1 aliphatic carbocycles. The Morgan fingerprint density at radius 3 is 2.67 bits per heavy atom. The van der Waals surface area contributed by atoms with E-state index in [2.05, 4.69) is 21.2 Å². The van der Waals surface area contributed by atoms with Crippen molar-refractivity contribution in [1.82, 2.24) is 5.32 Å². The minimum atomic E-state index is -0.152. The molecule has 0 bridgehead atoms. The first-order valence-corrected chi connectivity index (χ1v) is 7.60. The third-order valence-corrected chi connectivity index (χ3v) is 4.46. The van der Waals surface area contributed by atoms with Crippen molar-refractivity contribution in [2.75, 3.05) is 7.05 Å². The highest BCUT2D eigenvalue weighted by atomic mass is 79.9. The zero-order valence-corrected chi connectivity index (χ0v) is 12.5. The molecule has 1 unspecified atom stereocenters. The lowest BCUT2D eigenvalue weighted by Gasteiger charge is -2.22. The first-order chi connectivity index (χ1) is 8.69. The van der Waals surface area contributed by atoms with Gasteiger partial charge in [0.05, 0.1) is 0 Å².